The van der Waals surface area contributed by atoms with Gasteiger partial charge in [0, 0.05) is 60.0 Å². The maximum Gasteiger partial charge on any atom is 0.334 e. The molecule has 0 aromatic heterocycles. The first kappa shape index (κ1) is 50.9. The van der Waals surface area contributed by atoms with Crippen molar-refractivity contribution in [2.75, 3.05) is 11.9 Å². The first-order valence-corrected chi connectivity index (χ1v) is 27.0. The lowest BCUT2D eigenvalue weighted by atomic mass is 9.53. The van der Waals surface area contributed by atoms with Gasteiger partial charge in [-0.05, 0) is 140 Å². The first-order chi connectivity index (χ1) is 34.3. The smallest absolute Gasteiger partial charge is 0.334 e. The third-order valence-electron chi connectivity index (χ3n) is 17.2. The molecule has 10 bridgehead atoms. The number of fused-ring (bicyclic) bond motifs is 7. The second-order valence-corrected chi connectivity index (χ2v) is 21.9. The van der Waals surface area contributed by atoms with Gasteiger partial charge in [0.15, 0.2) is 0 Å². The summed E-state index contributed by atoms with van der Waals surface area (Å²) in [6.07, 6.45) is 10.0. The zero-order chi connectivity index (χ0) is 50.0. The summed E-state index contributed by atoms with van der Waals surface area (Å²) in [5.74, 6) is 3.65. The number of rotatable bonds is 11. The largest absolute Gasteiger partial charge is 0.507 e. The van der Waals surface area contributed by atoms with Crippen molar-refractivity contribution >= 4 is 23.4 Å². The number of phenolic OH excluding ortho intramolecular Hbond substituents is 1. The van der Waals surface area contributed by atoms with Gasteiger partial charge in [0.2, 0.25) is 0 Å². The monoisotopic (exact) mass is 970 g/mol. The van der Waals surface area contributed by atoms with Crippen molar-refractivity contribution in [2.45, 2.75) is 191 Å². The van der Waals surface area contributed by atoms with Gasteiger partial charge < -0.3 is 40.3 Å². The van der Waals surface area contributed by atoms with Crippen LogP contribution >= 0.6 is 0 Å². The van der Waals surface area contributed by atoms with Crippen molar-refractivity contribution in [3.8, 4) is 23.3 Å². The summed E-state index contributed by atoms with van der Waals surface area (Å²) in [7, 11) is 0. The summed E-state index contributed by atoms with van der Waals surface area (Å²) in [6.45, 7) is 5.90. The van der Waals surface area contributed by atoms with E-state index in [9.17, 15) is 35.1 Å². The van der Waals surface area contributed by atoms with Crippen molar-refractivity contribution in [3.05, 3.63) is 98.6 Å². The maximum absolute atomic E-state index is 15.6. The van der Waals surface area contributed by atoms with E-state index in [0.717, 1.165) is 80.2 Å². The van der Waals surface area contributed by atoms with Crippen LogP contribution in [-0.4, -0.2) is 73.7 Å². The first-order valence-electron chi connectivity index (χ1n) is 27.0. The summed E-state index contributed by atoms with van der Waals surface area (Å²) in [4.78, 5) is 43.4. The van der Waals surface area contributed by atoms with Gasteiger partial charge in [-0.2, -0.15) is 0 Å². The molecule has 11 heteroatoms. The van der Waals surface area contributed by atoms with E-state index in [-0.39, 0.29) is 86.0 Å². The van der Waals surface area contributed by atoms with Crippen LogP contribution in [0.1, 0.15) is 179 Å². The number of Topliss-reactive ketones (excluding diaryl/α,β-unsaturated/α-hetero) is 1. The number of unbranched alkanes of at least 4 members (excludes halogenated alkanes) is 2. The summed E-state index contributed by atoms with van der Waals surface area (Å²) < 4.78 is 13.1. The highest BCUT2D eigenvalue weighted by atomic mass is 16.6. The molecule has 0 amide bonds. The van der Waals surface area contributed by atoms with Crippen molar-refractivity contribution in [1.82, 2.24) is 0 Å². The second kappa shape index (κ2) is 22.0. The number of hydrogen-bond donors (Lipinski definition) is 6. The number of carbonyl (C=O) groups is 3. The molecule has 0 spiro atoms. The van der Waals surface area contributed by atoms with E-state index >= 15 is 4.79 Å². The van der Waals surface area contributed by atoms with Crippen LogP contribution in [0.4, 0.5) is 5.69 Å². The van der Waals surface area contributed by atoms with Crippen molar-refractivity contribution in [3.63, 3.8) is 0 Å². The lowest BCUT2D eigenvalue weighted by molar-refractivity contribution is -0.212. The molecule has 9 rings (SSSR count). The fraction of sp³-hybridized carbons (Fsp3) is 0.583. The number of esters is 2. The highest BCUT2D eigenvalue weighted by Crippen LogP contribution is 2.56. The van der Waals surface area contributed by atoms with E-state index in [1.54, 1.807) is 13.0 Å². The minimum atomic E-state index is -1.61. The Labute approximate surface area is 419 Å². The van der Waals surface area contributed by atoms with Crippen LogP contribution in [0.5, 0.6) is 11.5 Å². The van der Waals surface area contributed by atoms with Gasteiger partial charge in [-0.15, -0.1) is 0 Å². The van der Waals surface area contributed by atoms with Gasteiger partial charge in [-0.3, -0.25) is 9.59 Å². The Hall–Kier alpha value is -4.99. The third-order valence-corrected chi connectivity index (χ3v) is 17.2. The number of ketones is 1. The second-order valence-electron chi connectivity index (χ2n) is 21.9. The van der Waals surface area contributed by atoms with Crippen molar-refractivity contribution in [1.29, 1.82) is 0 Å². The summed E-state index contributed by atoms with van der Waals surface area (Å²) >= 11 is 0. The number of aromatic hydroxyl groups is 1. The predicted molar refractivity (Wildman–Crippen MR) is 272 cm³/mol. The normalized spacial score (nSPS) is 30.1. The lowest BCUT2D eigenvalue weighted by Gasteiger charge is -2.56. The Bertz CT molecular complexity index is 2560. The standard InChI is InChI=1S/C60H75NO10/c1-4-6-8-16-47-44(34-62)27-41(30-52(47)61-33-35(3)63)39-17-18-40-32-55(66)71-58-49(40)29-42(57(67)56(58)38-14-9-7-10-15-38)31-54-60(69)45(5-2)19-20-48-50(53(65)22-21-51(48)60)25-37-13-11-12-36(23-37)24-46(64)28-43(26-39)59(68)70-54/h11-13,23,27-30,35,38-40,45-46,48,50-51,54,61-64,67,69H,4-10,14-16,19-22,24-26,31-34H2,1-3H3/b43-28-/t35-,39+,40-,45-,46+,48-,50-,51+,54+,60-/m0/s1. The zero-order valence-electron chi connectivity index (χ0n) is 42.0. The molecule has 10 atom stereocenters. The number of anilines is 1. The molecule has 3 aromatic rings. The van der Waals surface area contributed by atoms with Crippen LogP contribution in [-0.2, 0) is 51.4 Å². The Balaban J connectivity index is 1.29. The van der Waals surface area contributed by atoms with Crippen LogP contribution < -0.4 is 10.1 Å². The van der Waals surface area contributed by atoms with Gasteiger partial charge in [0.25, 0.3) is 0 Å². The fourth-order valence-corrected chi connectivity index (χ4v) is 13.7. The zero-order valence-corrected chi connectivity index (χ0v) is 42.0. The summed E-state index contributed by atoms with van der Waals surface area (Å²) in [5.41, 5.74) is 5.19. The van der Waals surface area contributed by atoms with Crippen LogP contribution in [0.25, 0.3) is 0 Å². The van der Waals surface area contributed by atoms with Crippen molar-refractivity contribution in [2.24, 2.45) is 23.7 Å². The van der Waals surface area contributed by atoms with Gasteiger partial charge in [0.05, 0.1) is 31.2 Å². The molecule has 0 saturated heterocycles. The Morgan fingerprint density at radius 3 is 2.41 bits per heavy atom. The number of carbonyl (C=O) groups excluding carboxylic acids is 3. The molecular formula is C60H75NO10. The minimum Gasteiger partial charge on any atom is -0.507 e. The van der Waals surface area contributed by atoms with E-state index in [1.165, 1.54) is 0 Å². The Morgan fingerprint density at radius 1 is 0.887 bits per heavy atom. The number of hydrogen-bond acceptors (Lipinski definition) is 11. The molecule has 3 aliphatic carbocycles. The topological polar surface area (TPSA) is 183 Å². The number of phenols is 1. The summed E-state index contributed by atoms with van der Waals surface area (Å²) in [6, 6.07) is 13.7. The fourth-order valence-electron chi connectivity index (χ4n) is 13.7. The van der Waals surface area contributed by atoms with E-state index in [2.05, 4.69) is 31.0 Å². The summed E-state index contributed by atoms with van der Waals surface area (Å²) in [5, 5.41) is 63.6. The van der Waals surface area contributed by atoms with Crippen LogP contribution in [0.2, 0.25) is 0 Å². The quantitative estimate of drug-likeness (QED) is 0.0466. The van der Waals surface area contributed by atoms with E-state index in [1.807, 2.05) is 42.5 Å². The van der Waals surface area contributed by atoms with Gasteiger partial charge in [-0.25, -0.2) is 4.79 Å². The van der Waals surface area contributed by atoms with Crippen LogP contribution in [0.3, 0.4) is 0 Å². The molecule has 3 heterocycles. The Morgan fingerprint density at radius 2 is 1.66 bits per heavy atom. The molecule has 380 valence electrons. The number of aliphatic hydroxyl groups excluding tert-OH is 3. The SMILES string of the molecule is CCCCCc1c(CO)cc([C@@H]2C#C[C@H]3CC(=O)Oc4c3cc(c(O)c4C3CCCCC3)C[C@H]3OC(=O)/C(=C\[C@H](O)Cc4cccc(c4)C[C@@H]4C(=O)CC[C@@H]5[C@H]4CC[C@H](CC)[C@]53O)C2)cc1NC[C@H](C)O. The lowest BCUT2D eigenvalue weighted by Crippen LogP contribution is -2.63. The number of nitrogens with one attached hydrogen (secondary N) is 1. The molecular weight excluding hydrogens is 895 g/mol. The van der Waals surface area contributed by atoms with Gasteiger partial charge in [-0.1, -0.05) is 94.5 Å². The maximum atomic E-state index is 15.6. The average Bonchev–Trinajstić information content (AvgIpc) is 3.36. The molecule has 0 unspecified atom stereocenters. The minimum absolute atomic E-state index is 0.0179. The number of benzene rings is 3. The molecule has 11 nitrogen and oxygen atoms in total. The van der Waals surface area contributed by atoms with Crippen molar-refractivity contribution < 1.29 is 49.4 Å². The van der Waals surface area contributed by atoms with Crippen LogP contribution in [0, 0.1) is 35.5 Å². The molecule has 3 aromatic carbocycles. The molecule has 3 aliphatic heterocycles. The number of ether oxygens (including phenoxy) is 2. The molecule has 6 N–H and O–H groups in total. The highest BCUT2D eigenvalue weighted by Gasteiger charge is 2.59. The molecule has 71 heavy (non-hydrogen) atoms. The molecule has 6 aliphatic rings. The predicted octanol–water partition coefficient (Wildman–Crippen LogP) is 9.34. The molecule has 3 fully saturated rings. The molecule has 0 radical (unpaired) electrons. The van der Waals surface area contributed by atoms with Crippen LogP contribution in [0.15, 0.2) is 54.1 Å². The number of aliphatic hydroxyl groups is 4. The average molecular weight is 970 g/mol. The van der Waals surface area contributed by atoms with E-state index in [0.29, 0.717) is 65.7 Å². The third kappa shape index (κ3) is 10.6. The Kier molecular flexibility index (Phi) is 15.8. The highest BCUT2D eigenvalue weighted by molar-refractivity contribution is 5.89. The van der Waals surface area contributed by atoms with E-state index < -0.39 is 53.6 Å². The van der Waals surface area contributed by atoms with Gasteiger partial charge >= 0.3 is 11.9 Å². The van der Waals surface area contributed by atoms with E-state index in [4.69, 9.17) is 9.47 Å². The molecule has 3 saturated carbocycles. The van der Waals surface area contributed by atoms with Gasteiger partial charge in [0.1, 0.15) is 29.0 Å².